The molecular formula is C12H11N5O. The van der Waals surface area contributed by atoms with Gasteiger partial charge in [-0.2, -0.15) is 4.68 Å². The van der Waals surface area contributed by atoms with Gasteiger partial charge in [-0.25, -0.2) is 4.98 Å². The maximum Gasteiger partial charge on any atom is 0.224 e. The minimum absolute atomic E-state index is 0.539. The summed E-state index contributed by atoms with van der Waals surface area (Å²) < 4.78 is 6.88. The lowest BCUT2D eigenvalue weighted by Crippen LogP contribution is -2.03. The van der Waals surface area contributed by atoms with E-state index in [9.17, 15) is 0 Å². The molecule has 0 atom stereocenters. The van der Waals surface area contributed by atoms with Crippen LogP contribution in [0.1, 0.15) is 11.3 Å². The Morgan fingerprint density at radius 2 is 2.11 bits per heavy atom. The predicted octanol–water partition coefficient (Wildman–Crippen LogP) is 1.93. The summed E-state index contributed by atoms with van der Waals surface area (Å²) in [6.07, 6.45) is 1.59. The fraction of sp³-hybridized carbons (Fsp3) is 0.167. The van der Waals surface area contributed by atoms with Gasteiger partial charge in [-0.3, -0.25) is 0 Å². The summed E-state index contributed by atoms with van der Waals surface area (Å²) in [4.78, 5) is 4.43. The lowest BCUT2D eigenvalue weighted by Gasteiger charge is -2.04. The molecule has 3 heterocycles. The molecule has 0 bridgehead atoms. The number of hydrogen-bond acceptors (Lipinski definition) is 5. The molecule has 90 valence electrons. The molecule has 0 saturated heterocycles. The van der Waals surface area contributed by atoms with Crippen LogP contribution >= 0.6 is 0 Å². The molecule has 6 nitrogen and oxygen atoms in total. The van der Waals surface area contributed by atoms with E-state index in [1.54, 1.807) is 17.0 Å². The van der Waals surface area contributed by atoms with Crippen molar-refractivity contribution in [3.63, 3.8) is 0 Å². The van der Waals surface area contributed by atoms with E-state index in [1.165, 1.54) is 0 Å². The van der Waals surface area contributed by atoms with E-state index in [2.05, 4.69) is 20.5 Å². The van der Waals surface area contributed by atoms with Crippen LogP contribution in [0, 0.1) is 13.8 Å². The summed E-state index contributed by atoms with van der Waals surface area (Å²) in [6, 6.07) is 7.53. The molecule has 18 heavy (non-hydrogen) atoms. The van der Waals surface area contributed by atoms with Crippen LogP contribution in [0.4, 0.5) is 0 Å². The summed E-state index contributed by atoms with van der Waals surface area (Å²) in [5.74, 6) is 1.84. The molecule has 3 aromatic heterocycles. The minimum Gasteiger partial charge on any atom is -0.461 e. The van der Waals surface area contributed by atoms with Gasteiger partial charge in [0, 0.05) is 5.69 Å². The number of hydrogen-bond donors (Lipinski definition) is 0. The fourth-order valence-electron chi connectivity index (χ4n) is 1.83. The maximum atomic E-state index is 5.31. The Morgan fingerprint density at radius 3 is 2.83 bits per heavy atom. The summed E-state index contributed by atoms with van der Waals surface area (Å²) in [5.41, 5.74) is 2.03. The number of furan rings is 1. The Morgan fingerprint density at radius 1 is 1.22 bits per heavy atom. The number of pyridine rings is 1. The number of tetrazole rings is 1. The van der Waals surface area contributed by atoms with Crippen molar-refractivity contribution in [3.05, 3.63) is 41.8 Å². The van der Waals surface area contributed by atoms with Gasteiger partial charge >= 0.3 is 0 Å². The van der Waals surface area contributed by atoms with Crippen molar-refractivity contribution < 1.29 is 4.42 Å². The zero-order chi connectivity index (χ0) is 12.5. The van der Waals surface area contributed by atoms with Gasteiger partial charge in [-0.15, -0.1) is 5.10 Å². The number of rotatable bonds is 2. The predicted molar refractivity (Wildman–Crippen MR) is 64.1 cm³/mol. The van der Waals surface area contributed by atoms with E-state index in [0.717, 1.165) is 11.3 Å². The minimum atomic E-state index is 0.539. The van der Waals surface area contributed by atoms with Crippen molar-refractivity contribution in [1.82, 2.24) is 25.2 Å². The van der Waals surface area contributed by atoms with Crippen LogP contribution in [-0.2, 0) is 0 Å². The third-order valence-electron chi connectivity index (χ3n) is 2.51. The lowest BCUT2D eigenvalue weighted by atomic mass is 10.2. The van der Waals surface area contributed by atoms with Crippen molar-refractivity contribution in [3.8, 4) is 17.4 Å². The highest BCUT2D eigenvalue weighted by Crippen LogP contribution is 2.19. The van der Waals surface area contributed by atoms with E-state index in [0.29, 0.717) is 17.4 Å². The first-order valence-corrected chi connectivity index (χ1v) is 5.52. The number of nitrogens with zero attached hydrogens (tertiary/aromatic N) is 5. The molecule has 0 aromatic carbocycles. The average Bonchev–Trinajstić information content (AvgIpc) is 2.98. The molecule has 0 aliphatic carbocycles. The zero-order valence-electron chi connectivity index (χ0n) is 10.0. The average molecular weight is 241 g/mol. The highest BCUT2D eigenvalue weighted by Gasteiger charge is 2.14. The maximum absolute atomic E-state index is 5.31. The third-order valence-corrected chi connectivity index (χ3v) is 2.51. The lowest BCUT2D eigenvalue weighted by molar-refractivity contribution is 0.574. The van der Waals surface area contributed by atoms with Crippen LogP contribution in [0.5, 0.6) is 0 Å². The SMILES string of the molecule is Cc1cc(C)nc(-n2nnnc2-c2ccco2)c1. The number of aromatic nitrogens is 5. The molecule has 3 rings (SSSR count). The standard InChI is InChI=1S/C12H11N5O/c1-8-6-9(2)13-11(7-8)17-12(14-15-16-17)10-4-3-5-18-10/h3-7H,1-2H3. The molecule has 0 aliphatic rings. The van der Waals surface area contributed by atoms with Crippen molar-refractivity contribution in [2.75, 3.05) is 0 Å². The Hall–Kier alpha value is -2.50. The second kappa shape index (κ2) is 4.06. The van der Waals surface area contributed by atoms with Gasteiger partial charge in [0.2, 0.25) is 5.82 Å². The van der Waals surface area contributed by atoms with E-state index in [-0.39, 0.29) is 0 Å². The van der Waals surface area contributed by atoms with Crippen LogP contribution in [0.3, 0.4) is 0 Å². The molecule has 0 N–H and O–H groups in total. The van der Waals surface area contributed by atoms with Crippen LogP contribution in [0.2, 0.25) is 0 Å². The van der Waals surface area contributed by atoms with Crippen LogP contribution < -0.4 is 0 Å². The van der Waals surface area contributed by atoms with Gasteiger partial charge in [-0.1, -0.05) is 0 Å². The normalized spacial score (nSPS) is 10.8. The van der Waals surface area contributed by atoms with Crippen LogP contribution in [0.15, 0.2) is 34.9 Å². The van der Waals surface area contributed by atoms with Crippen molar-refractivity contribution >= 4 is 0 Å². The molecule has 0 aliphatic heterocycles. The second-order valence-corrected chi connectivity index (χ2v) is 4.04. The Balaban J connectivity index is 2.15. The van der Waals surface area contributed by atoms with Gasteiger partial charge in [0.1, 0.15) is 0 Å². The summed E-state index contributed by atoms with van der Waals surface area (Å²) >= 11 is 0. The van der Waals surface area contributed by atoms with Gasteiger partial charge in [0.25, 0.3) is 0 Å². The highest BCUT2D eigenvalue weighted by molar-refractivity contribution is 5.49. The Labute approximate surface area is 103 Å². The molecule has 3 aromatic rings. The molecule has 0 unspecified atom stereocenters. The van der Waals surface area contributed by atoms with Crippen molar-refractivity contribution in [2.24, 2.45) is 0 Å². The first kappa shape index (κ1) is 10.6. The zero-order valence-corrected chi connectivity index (χ0v) is 10.0. The van der Waals surface area contributed by atoms with E-state index < -0.39 is 0 Å². The molecule has 0 amide bonds. The Kier molecular flexibility index (Phi) is 2.40. The Bertz CT molecular complexity index is 651. The van der Waals surface area contributed by atoms with Crippen LogP contribution in [-0.4, -0.2) is 25.2 Å². The molecule has 0 spiro atoms. The van der Waals surface area contributed by atoms with Crippen LogP contribution in [0.25, 0.3) is 17.4 Å². The van der Waals surface area contributed by atoms with E-state index in [4.69, 9.17) is 4.42 Å². The van der Waals surface area contributed by atoms with Gasteiger partial charge < -0.3 is 4.42 Å². The number of aryl methyl sites for hydroxylation is 2. The first-order valence-electron chi connectivity index (χ1n) is 5.52. The first-order chi connectivity index (χ1) is 8.74. The summed E-state index contributed by atoms with van der Waals surface area (Å²) in [7, 11) is 0. The van der Waals surface area contributed by atoms with E-state index in [1.807, 2.05) is 32.0 Å². The monoisotopic (exact) mass is 241 g/mol. The summed E-state index contributed by atoms with van der Waals surface area (Å²) in [6.45, 7) is 3.95. The highest BCUT2D eigenvalue weighted by atomic mass is 16.3. The van der Waals surface area contributed by atoms with E-state index >= 15 is 0 Å². The molecule has 0 fully saturated rings. The third kappa shape index (κ3) is 1.77. The molecule has 0 radical (unpaired) electrons. The largest absolute Gasteiger partial charge is 0.461 e. The smallest absolute Gasteiger partial charge is 0.224 e. The van der Waals surface area contributed by atoms with Crippen molar-refractivity contribution in [2.45, 2.75) is 13.8 Å². The van der Waals surface area contributed by atoms with Gasteiger partial charge in [-0.05, 0) is 54.1 Å². The quantitative estimate of drug-likeness (QED) is 0.685. The fourth-order valence-corrected chi connectivity index (χ4v) is 1.83. The summed E-state index contributed by atoms with van der Waals surface area (Å²) in [5, 5.41) is 11.6. The molecule has 6 heteroatoms. The molecule has 0 saturated carbocycles. The second-order valence-electron chi connectivity index (χ2n) is 4.04. The topological polar surface area (TPSA) is 69.6 Å². The van der Waals surface area contributed by atoms with Gasteiger partial charge in [0.05, 0.1) is 6.26 Å². The van der Waals surface area contributed by atoms with Crippen molar-refractivity contribution in [1.29, 1.82) is 0 Å². The van der Waals surface area contributed by atoms with Gasteiger partial charge in [0.15, 0.2) is 11.6 Å². The molecular weight excluding hydrogens is 230 g/mol.